The van der Waals surface area contributed by atoms with Gasteiger partial charge >= 0.3 is 0 Å². The van der Waals surface area contributed by atoms with E-state index in [1.807, 2.05) is 6.92 Å². The number of nitrogen functional groups attached to an aromatic ring is 1. The Hall–Kier alpha value is -1.33. The minimum Gasteiger partial charge on any atom is -0.399 e. The summed E-state index contributed by atoms with van der Waals surface area (Å²) in [4.78, 5) is 4.54. The highest BCUT2D eigenvalue weighted by Gasteiger charge is 2.34. The van der Waals surface area contributed by atoms with Gasteiger partial charge in [-0.3, -0.25) is 4.90 Å². The zero-order valence-electron chi connectivity index (χ0n) is 12.6. The van der Waals surface area contributed by atoms with E-state index in [0.29, 0.717) is 17.4 Å². The van der Waals surface area contributed by atoms with Crippen LogP contribution in [0, 0.1) is 5.82 Å². The van der Waals surface area contributed by atoms with Crippen molar-refractivity contribution in [1.82, 2.24) is 4.90 Å². The Bertz CT molecular complexity index is 510. The number of rotatable bonds is 2. The summed E-state index contributed by atoms with van der Waals surface area (Å²) in [5.74, 6) is -0.239. The van der Waals surface area contributed by atoms with Crippen LogP contribution in [0.2, 0.25) is 0 Å². The number of nitrogens with zero attached hydrogens (tertiary/aromatic N) is 2. The second-order valence-corrected chi connectivity index (χ2v) is 6.63. The molecule has 21 heavy (non-hydrogen) atoms. The molecule has 0 amide bonds. The summed E-state index contributed by atoms with van der Waals surface area (Å²) in [5.41, 5.74) is 6.20. The molecule has 1 atom stereocenters. The number of anilines is 2. The molecule has 3 rings (SSSR count). The van der Waals surface area contributed by atoms with Crippen molar-refractivity contribution >= 4 is 11.4 Å². The maximum absolute atomic E-state index is 14.0. The van der Waals surface area contributed by atoms with Crippen LogP contribution in [0.3, 0.4) is 0 Å². The quantitative estimate of drug-likeness (QED) is 0.817. The molecule has 0 bridgehead atoms. The SMILES string of the molecule is CC1(O)CCN(C2CCN(c3ccc(N)cc3F)C2)CC1. The molecule has 5 heteroatoms. The van der Waals surface area contributed by atoms with Crippen molar-refractivity contribution in [2.75, 3.05) is 36.8 Å². The molecule has 0 aliphatic carbocycles. The summed E-state index contributed by atoms with van der Waals surface area (Å²) in [6.07, 6.45) is 2.69. The fraction of sp³-hybridized carbons (Fsp3) is 0.625. The van der Waals surface area contributed by atoms with E-state index in [9.17, 15) is 9.50 Å². The van der Waals surface area contributed by atoms with E-state index in [0.717, 1.165) is 45.4 Å². The summed E-state index contributed by atoms with van der Waals surface area (Å²) >= 11 is 0. The van der Waals surface area contributed by atoms with Crippen molar-refractivity contribution in [3.05, 3.63) is 24.0 Å². The first-order valence-corrected chi connectivity index (χ1v) is 7.71. The van der Waals surface area contributed by atoms with Crippen LogP contribution in [0.4, 0.5) is 15.8 Å². The van der Waals surface area contributed by atoms with Gasteiger partial charge in [-0.15, -0.1) is 0 Å². The third kappa shape index (κ3) is 3.14. The summed E-state index contributed by atoms with van der Waals surface area (Å²) in [6.45, 7) is 5.49. The summed E-state index contributed by atoms with van der Waals surface area (Å²) in [6, 6.07) is 5.37. The van der Waals surface area contributed by atoms with Gasteiger partial charge in [-0.2, -0.15) is 0 Å². The molecule has 2 heterocycles. The molecule has 2 saturated heterocycles. The Kier molecular flexibility index (Phi) is 3.80. The molecule has 1 aromatic rings. The Morgan fingerprint density at radius 3 is 2.67 bits per heavy atom. The number of aliphatic hydroxyl groups is 1. The van der Waals surface area contributed by atoms with Crippen LogP contribution in [0.5, 0.6) is 0 Å². The van der Waals surface area contributed by atoms with Crippen LogP contribution in [0.25, 0.3) is 0 Å². The molecule has 0 aromatic heterocycles. The first-order chi connectivity index (χ1) is 9.94. The second kappa shape index (κ2) is 5.46. The predicted octanol–water partition coefficient (Wildman–Crippen LogP) is 1.83. The monoisotopic (exact) mass is 293 g/mol. The molecule has 3 N–H and O–H groups in total. The highest BCUT2D eigenvalue weighted by atomic mass is 19.1. The fourth-order valence-corrected chi connectivity index (χ4v) is 3.41. The molecule has 0 spiro atoms. The largest absolute Gasteiger partial charge is 0.399 e. The molecule has 2 fully saturated rings. The van der Waals surface area contributed by atoms with Crippen molar-refractivity contribution in [2.24, 2.45) is 0 Å². The predicted molar refractivity (Wildman–Crippen MR) is 82.9 cm³/mol. The van der Waals surface area contributed by atoms with Crippen molar-refractivity contribution in [3.63, 3.8) is 0 Å². The maximum atomic E-state index is 14.0. The maximum Gasteiger partial charge on any atom is 0.148 e. The van der Waals surface area contributed by atoms with Gasteiger partial charge in [0, 0.05) is 37.9 Å². The van der Waals surface area contributed by atoms with Crippen LogP contribution < -0.4 is 10.6 Å². The lowest BCUT2D eigenvalue weighted by atomic mass is 9.93. The normalized spacial score (nSPS) is 26.2. The van der Waals surface area contributed by atoms with Crippen LogP contribution in [-0.4, -0.2) is 47.8 Å². The minimum atomic E-state index is -0.516. The van der Waals surface area contributed by atoms with Crippen molar-refractivity contribution in [2.45, 2.75) is 37.8 Å². The zero-order valence-corrected chi connectivity index (χ0v) is 12.6. The van der Waals surface area contributed by atoms with Crippen molar-refractivity contribution in [1.29, 1.82) is 0 Å². The van der Waals surface area contributed by atoms with Crippen LogP contribution >= 0.6 is 0 Å². The highest BCUT2D eigenvalue weighted by Crippen LogP contribution is 2.29. The first kappa shape index (κ1) is 14.6. The standard InChI is InChI=1S/C16H24FN3O/c1-16(21)5-8-19(9-6-16)13-4-7-20(11-13)15-3-2-12(18)10-14(15)17/h2-3,10,13,21H,4-9,11,18H2,1H3. The zero-order chi connectivity index (χ0) is 15.0. The van der Waals surface area contributed by atoms with Gasteiger partial charge in [0.15, 0.2) is 0 Å². The van der Waals surface area contributed by atoms with Gasteiger partial charge in [0.1, 0.15) is 5.82 Å². The highest BCUT2D eigenvalue weighted by molar-refractivity contribution is 5.55. The minimum absolute atomic E-state index is 0.239. The first-order valence-electron chi connectivity index (χ1n) is 7.71. The van der Waals surface area contributed by atoms with E-state index >= 15 is 0 Å². The van der Waals surface area contributed by atoms with Gasteiger partial charge in [0.2, 0.25) is 0 Å². The van der Waals surface area contributed by atoms with Gasteiger partial charge in [-0.25, -0.2) is 4.39 Å². The van der Waals surface area contributed by atoms with Gasteiger partial charge < -0.3 is 15.7 Å². The molecule has 2 aliphatic heterocycles. The molecule has 116 valence electrons. The summed E-state index contributed by atoms with van der Waals surface area (Å²) in [7, 11) is 0. The number of halogens is 1. The lowest BCUT2D eigenvalue weighted by Crippen LogP contribution is -2.47. The van der Waals surface area contributed by atoms with E-state index < -0.39 is 5.60 Å². The molecule has 0 saturated carbocycles. The van der Waals surface area contributed by atoms with Crippen LogP contribution in [-0.2, 0) is 0 Å². The Morgan fingerprint density at radius 2 is 2.00 bits per heavy atom. The smallest absolute Gasteiger partial charge is 0.148 e. The number of benzene rings is 1. The molecular formula is C16H24FN3O. The average Bonchev–Trinajstić information content (AvgIpc) is 2.88. The number of hydrogen-bond acceptors (Lipinski definition) is 4. The number of piperidine rings is 1. The van der Waals surface area contributed by atoms with E-state index in [2.05, 4.69) is 9.80 Å². The van der Waals surface area contributed by atoms with Crippen molar-refractivity contribution in [3.8, 4) is 0 Å². The molecule has 1 unspecified atom stereocenters. The Labute approximate surface area is 125 Å². The van der Waals surface area contributed by atoms with E-state index in [1.54, 1.807) is 12.1 Å². The molecule has 1 aromatic carbocycles. The van der Waals surface area contributed by atoms with Gasteiger partial charge in [-0.1, -0.05) is 0 Å². The molecular weight excluding hydrogens is 269 g/mol. The molecule has 2 aliphatic rings. The lowest BCUT2D eigenvalue weighted by molar-refractivity contribution is -0.0142. The summed E-state index contributed by atoms with van der Waals surface area (Å²) < 4.78 is 14.0. The van der Waals surface area contributed by atoms with Gasteiger partial charge in [0.05, 0.1) is 11.3 Å². The third-order valence-electron chi connectivity index (χ3n) is 4.87. The van der Waals surface area contributed by atoms with Gasteiger partial charge in [0.25, 0.3) is 0 Å². The number of nitrogens with two attached hydrogens (primary N) is 1. The van der Waals surface area contributed by atoms with E-state index in [-0.39, 0.29) is 5.82 Å². The second-order valence-electron chi connectivity index (χ2n) is 6.63. The number of likely N-dealkylation sites (tertiary alicyclic amines) is 1. The Morgan fingerprint density at radius 1 is 1.29 bits per heavy atom. The Balaban J connectivity index is 1.63. The topological polar surface area (TPSA) is 52.7 Å². The van der Waals surface area contributed by atoms with Crippen LogP contribution in [0.15, 0.2) is 18.2 Å². The average molecular weight is 293 g/mol. The summed E-state index contributed by atoms with van der Waals surface area (Å²) in [5, 5.41) is 10.0. The molecule has 4 nitrogen and oxygen atoms in total. The molecule has 0 radical (unpaired) electrons. The van der Waals surface area contributed by atoms with E-state index in [4.69, 9.17) is 5.73 Å². The number of hydrogen-bond donors (Lipinski definition) is 2. The third-order valence-corrected chi connectivity index (χ3v) is 4.87. The lowest BCUT2D eigenvalue weighted by Gasteiger charge is -2.39. The fourth-order valence-electron chi connectivity index (χ4n) is 3.41. The van der Waals surface area contributed by atoms with E-state index in [1.165, 1.54) is 6.07 Å². The van der Waals surface area contributed by atoms with Crippen LogP contribution in [0.1, 0.15) is 26.2 Å². The van der Waals surface area contributed by atoms with Crippen molar-refractivity contribution < 1.29 is 9.50 Å². The van der Waals surface area contributed by atoms with Gasteiger partial charge in [-0.05, 0) is 44.4 Å².